The second-order valence-electron chi connectivity index (χ2n) is 4.62. The second kappa shape index (κ2) is 5.03. The Labute approximate surface area is 107 Å². The maximum absolute atomic E-state index is 8.79. The van der Waals surface area contributed by atoms with Crippen molar-refractivity contribution in [2.45, 2.75) is 19.9 Å². The number of aromatic nitrogens is 2. The third-order valence-corrected chi connectivity index (χ3v) is 3.00. The van der Waals surface area contributed by atoms with Crippen molar-refractivity contribution in [2.75, 3.05) is 0 Å². The summed E-state index contributed by atoms with van der Waals surface area (Å²) in [7, 11) is 0. The SMILES string of the molecule is CC(C)C(N)c1cncn1-c1ccc(C#N)cc1. The molecule has 1 heterocycles. The van der Waals surface area contributed by atoms with E-state index in [4.69, 9.17) is 11.0 Å². The molecule has 0 radical (unpaired) electrons. The summed E-state index contributed by atoms with van der Waals surface area (Å²) in [6.07, 6.45) is 3.54. The van der Waals surface area contributed by atoms with E-state index in [2.05, 4.69) is 24.9 Å². The minimum absolute atomic E-state index is 0.0526. The predicted molar refractivity (Wildman–Crippen MR) is 70.0 cm³/mol. The summed E-state index contributed by atoms with van der Waals surface area (Å²) in [6, 6.07) is 9.44. The van der Waals surface area contributed by atoms with Crippen molar-refractivity contribution in [1.82, 2.24) is 9.55 Å². The Morgan fingerprint density at radius 1 is 1.28 bits per heavy atom. The summed E-state index contributed by atoms with van der Waals surface area (Å²) in [4.78, 5) is 4.16. The van der Waals surface area contributed by atoms with Crippen LogP contribution in [-0.2, 0) is 0 Å². The van der Waals surface area contributed by atoms with Crippen LogP contribution in [0.5, 0.6) is 0 Å². The van der Waals surface area contributed by atoms with Gasteiger partial charge in [-0.1, -0.05) is 13.8 Å². The summed E-state index contributed by atoms with van der Waals surface area (Å²) < 4.78 is 1.96. The zero-order valence-electron chi connectivity index (χ0n) is 10.5. The second-order valence-corrected chi connectivity index (χ2v) is 4.62. The Morgan fingerprint density at radius 3 is 2.50 bits per heavy atom. The molecule has 0 saturated carbocycles. The fraction of sp³-hybridized carbons (Fsp3) is 0.286. The van der Waals surface area contributed by atoms with Crippen molar-refractivity contribution in [2.24, 2.45) is 11.7 Å². The van der Waals surface area contributed by atoms with Crippen LogP contribution >= 0.6 is 0 Å². The van der Waals surface area contributed by atoms with Crippen molar-refractivity contribution < 1.29 is 0 Å². The molecular formula is C14H16N4. The maximum atomic E-state index is 8.79. The predicted octanol–water partition coefficient (Wildman–Crippen LogP) is 2.40. The molecule has 92 valence electrons. The monoisotopic (exact) mass is 240 g/mol. The van der Waals surface area contributed by atoms with Crippen molar-refractivity contribution in [3.63, 3.8) is 0 Å². The Morgan fingerprint density at radius 2 is 1.94 bits per heavy atom. The van der Waals surface area contributed by atoms with Gasteiger partial charge in [-0.15, -0.1) is 0 Å². The molecule has 1 atom stereocenters. The van der Waals surface area contributed by atoms with Gasteiger partial charge >= 0.3 is 0 Å². The van der Waals surface area contributed by atoms with Crippen LogP contribution in [-0.4, -0.2) is 9.55 Å². The Bertz CT molecular complexity index is 560. The quantitative estimate of drug-likeness (QED) is 0.895. The largest absolute Gasteiger partial charge is 0.322 e. The molecule has 0 aliphatic heterocycles. The number of nitrogens with zero attached hydrogens (tertiary/aromatic N) is 3. The number of rotatable bonds is 3. The fourth-order valence-electron chi connectivity index (χ4n) is 1.81. The lowest BCUT2D eigenvalue weighted by Gasteiger charge is -2.17. The normalized spacial score (nSPS) is 12.4. The lowest BCUT2D eigenvalue weighted by Crippen LogP contribution is -2.19. The molecule has 1 aromatic heterocycles. The van der Waals surface area contributed by atoms with Crippen LogP contribution in [0, 0.1) is 17.2 Å². The topological polar surface area (TPSA) is 67.6 Å². The average Bonchev–Trinajstić information content (AvgIpc) is 2.87. The van der Waals surface area contributed by atoms with Gasteiger partial charge in [0.2, 0.25) is 0 Å². The molecule has 0 amide bonds. The summed E-state index contributed by atoms with van der Waals surface area (Å²) in [6.45, 7) is 4.17. The van der Waals surface area contributed by atoms with Crippen LogP contribution in [0.4, 0.5) is 0 Å². The van der Waals surface area contributed by atoms with E-state index in [1.54, 1.807) is 24.7 Å². The van der Waals surface area contributed by atoms with Gasteiger partial charge in [0.1, 0.15) is 0 Å². The standard InChI is InChI=1S/C14H16N4/c1-10(2)14(16)13-8-17-9-18(13)12-5-3-11(7-15)4-6-12/h3-6,8-10,14H,16H2,1-2H3. The van der Waals surface area contributed by atoms with Gasteiger partial charge in [0, 0.05) is 11.7 Å². The van der Waals surface area contributed by atoms with Crippen LogP contribution in [0.3, 0.4) is 0 Å². The minimum Gasteiger partial charge on any atom is -0.322 e. The molecular weight excluding hydrogens is 224 g/mol. The third-order valence-electron chi connectivity index (χ3n) is 3.00. The smallest absolute Gasteiger partial charge is 0.0994 e. The first-order valence-electron chi connectivity index (χ1n) is 5.92. The molecule has 4 heteroatoms. The van der Waals surface area contributed by atoms with Gasteiger partial charge in [-0.3, -0.25) is 0 Å². The third kappa shape index (κ3) is 2.27. The van der Waals surface area contributed by atoms with Crippen molar-refractivity contribution in [3.05, 3.63) is 48.0 Å². The zero-order valence-corrected chi connectivity index (χ0v) is 10.5. The first-order chi connectivity index (χ1) is 8.63. The van der Waals surface area contributed by atoms with E-state index in [0.717, 1.165) is 11.4 Å². The first-order valence-corrected chi connectivity index (χ1v) is 5.92. The molecule has 0 aliphatic carbocycles. The van der Waals surface area contributed by atoms with Crippen LogP contribution in [0.25, 0.3) is 5.69 Å². The molecule has 0 aliphatic rings. The number of nitrogens with two attached hydrogens (primary N) is 1. The summed E-state index contributed by atoms with van der Waals surface area (Å²) in [5.41, 5.74) is 8.76. The van der Waals surface area contributed by atoms with E-state index in [1.165, 1.54) is 0 Å². The van der Waals surface area contributed by atoms with Gasteiger partial charge in [0.05, 0.1) is 29.9 Å². The van der Waals surface area contributed by atoms with E-state index in [1.807, 2.05) is 16.7 Å². The molecule has 0 fully saturated rings. The highest BCUT2D eigenvalue weighted by Gasteiger charge is 2.15. The molecule has 2 aromatic rings. The van der Waals surface area contributed by atoms with Crippen molar-refractivity contribution in [1.29, 1.82) is 5.26 Å². The van der Waals surface area contributed by atoms with Gasteiger partial charge in [0.15, 0.2) is 0 Å². The van der Waals surface area contributed by atoms with Crippen LogP contribution < -0.4 is 5.73 Å². The molecule has 2 rings (SSSR count). The molecule has 0 saturated heterocycles. The van der Waals surface area contributed by atoms with E-state index in [-0.39, 0.29) is 6.04 Å². The Kier molecular flexibility index (Phi) is 3.45. The van der Waals surface area contributed by atoms with E-state index >= 15 is 0 Å². The highest BCUT2D eigenvalue weighted by Crippen LogP contribution is 2.21. The van der Waals surface area contributed by atoms with Crippen LogP contribution in [0.1, 0.15) is 31.1 Å². The van der Waals surface area contributed by atoms with Gasteiger partial charge in [-0.2, -0.15) is 5.26 Å². The van der Waals surface area contributed by atoms with E-state index in [0.29, 0.717) is 11.5 Å². The summed E-state index contributed by atoms with van der Waals surface area (Å²) in [5, 5.41) is 8.79. The average molecular weight is 240 g/mol. The fourth-order valence-corrected chi connectivity index (χ4v) is 1.81. The highest BCUT2D eigenvalue weighted by atomic mass is 15.1. The molecule has 4 nitrogen and oxygen atoms in total. The number of benzene rings is 1. The number of hydrogen-bond donors (Lipinski definition) is 1. The number of imidazole rings is 1. The number of hydrogen-bond acceptors (Lipinski definition) is 3. The van der Waals surface area contributed by atoms with Crippen molar-refractivity contribution >= 4 is 0 Å². The summed E-state index contributed by atoms with van der Waals surface area (Å²) >= 11 is 0. The van der Waals surface area contributed by atoms with Crippen molar-refractivity contribution in [3.8, 4) is 11.8 Å². The van der Waals surface area contributed by atoms with Gasteiger partial charge < -0.3 is 10.3 Å². The lowest BCUT2D eigenvalue weighted by atomic mass is 10.0. The van der Waals surface area contributed by atoms with Crippen LogP contribution in [0.15, 0.2) is 36.8 Å². The molecule has 0 bridgehead atoms. The first kappa shape index (κ1) is 12.3. The maximum Gasteiger partial charge on any atom is 0.0994 e. The van der Waals surface area contributed by atoms with E-state index < -0.39 is 0 Å². The minimum atomic E-state index is -0.0526. The molecule has 2 N–H and O–H groups in total. The molecule has 18 heavy (non-hydrogen) atoms. The summed E-state index contributed by atoms with van der Waals surface area (Å²) in [5.74, 6) is 0.346. The van der Waals surface area contributed by atoms with E-state index in [9.17, 15) is 0 Å². The van der Waals surface area contributed by atoms with Gasteiger partial charge in [0.25, 0.3) is 0 Å². The van der Waals surface area contributed by atoms with Gasteiger partial charge in [-0.05, 0) is 30.2 Å². The lowest BCUT2D eigenvalue weighted by molar-refractivity contribution is 0.497. The Balaban J connectivity index is 2.39. The highest BCUT2D eigenvalue weighted by molar-refractivity contribution is 5.40. The number of nitriles is 1. The van der Waals surface area contributed by atoms with Crippen LogP contribution in [0.2, 0.25) is 0 Å². The van der Waals surface area contributed by atoms with Gasteiger partial charge in [-0.25, -0.2) is 4.98 Å². The molecule has 1 aromatic carbocycles. The molecule has 1 unspecified atom stereocenters. The Hall–Kier alpha value is -2.12. The molecule has 0 spiro atoms. The zero-order chi connectivity index (χ0) is 13.1.